The maximum Gasteiger partial charge on any atom is 0.338 e. The fourth-order valence-corrected chi connectivity index (χ4v) is 5.76. The van der Waals surface area contributed by atoms with E-state index < -0.39 is 35.6 Å². The van der Waals surface area contributed by atoms with Gasteiger partial charge >= 0.3 is 11.9 Å². The summed E-state index contributed by atoms with van der Waals surface area (Å²) in [7, 11) is 0. The number of ether oxygens (including phenoxy) is 1. The van der Waals surface area contributed by atoms with Gasteiger partial charge in [0, 0.05) is 6.61 Å². The SMILES string of the molecule is O=C(OCCO)c1ccc2c(c1)C(=O)N(c1ccc(Cc3ccc(N4C(=O)c5ccc(CCO)c(C(=O)O)c5C4=O)cc3)cc1)C2=O. The second-order valence-corrected chi connectivity index (χ2v) is 10.8. The normalized spacial score (nSPS) is 13.7. The molecule has 0 unspecified atom stereocenters. The molecule has 0 saturated carbocycles. The number of hydrogen-bond donors (Lipinski definition) is 3. The molecule has 12 heteroatoms. The standard InChI is InChI=1S/C35H26N2O10/c38-14-13-21-5-12-26-29(28(21)34(44)45)33(43)37(31(26)41)24-9-3-20(4-10-24)17-19-1-7-23(8-2-19)36-30(40)25-11-6-22(18-27(25)32(36)42)35(46)47-16-15-39/h1-12,18,38-39H,13-17H2,(H,44,45). The van der Waals surface area contributed by atoms with Crippen LogP contribution in [0.1, 0.15) is 78.8 Å². The zero-order chi connectivity index (χ0) is 33.4. The van der Waals surface area contributed by atoms with Gasteiger partial charge in [0.05, 0.1) is 51.4 Å². The van der Waals surface area contributed by atoms with Crippen molar-refractivity contribution in [3.05, 3.63) is 129 Å². The molecule has 4 aromatic rings. The van der Waals surface area contributed by atoms with Crippen LogP contribution in [0.25, 0.3) is 0 Å². The third kappa shape index (κ3) is 5.45. The van der Waals surface area contributed by atoms with Gasteiger partial charge in [-0.1, -0.05) is 30.3 Å². The largest absolute Gasteiger partial charge is 0.478 e. The summed E-state index contributed by atoms with van der Waals surface area (Å²) in [5.41, 5.74) is 2.35. The lowest BCUT2D eigenvalue weighted by molar-refractivity contribution is 0.0433. The minimum atomic E-state index is -1.36. The van der Waals surface area contributed by atoms with E-state index in [4.69, 9.17) is 9.84 Å². The molecule has 236 valence electrons. The quantitative estimate of drug-likeness (QED) is 0.173. The Bertz CT molecular complexity index is 1980. The van der Waals surface area contributed by atoms with Gasteiger partial charge in [-0.3, -0.25) is 19.2 Å². The zero-order valence-corrected chi connectivity index (χ0v) is 24.6. The summed E-state index contributed by atoms with van der Waals surface area (Å²) >= 11 is 0. The Morgan fingerprint density at radius 1 is 0.638 bits per heavy atom. The fraction of sp³-hybridized carbons (Fsp3) is 0.143. The van der Waals surface area contributed by atoms with Gasteiger partial charge in [-0.25, -0.2) is 19.4 Å². The minimum absolute atomic E-state index is 0.0164. The first-order chi connectivity index (χ1) is 22.6. The summed E-state index contributed by atoms with van der Waals surface area (Å²) in [6.07, 6.45) is 0.466. The number of anilines is 2. The maximum atomic E-state index is 13.3. The molecule has 47 heavy (non-hydrogen) atoms. The number of hydrogen-bond acceptors (Lipinski definition) is 9. The average molecular weight is 635 g/mol. The molecule has 4 amide bonds. The first-order valence-corrected chi connectivity index (χ1v) is 14.5. The molecule has 0 spiro atoms. The molecule has 3 N–H and O–H groups in total. The van der Waals surface area contributed by atoms with Crippen LogP contribution in [0.5, 0.6) is 0 Å². The molecule has 2 aliphatic heterocycles. The molecule has 0 aromatic heterocycles. The number of carbonyl (C=O) groups is 6. The first-order valence-electron chi connectivity index (χ1n) is 14.5. The Hall–Kier alpha value is -5.98. The highest BCUT2D eigenvalue weighted by Crippen LogP contribution is 2.33. The van der Waals surface area contributed by atoms with Crippen molar-refractivity contribution < 1.29 is 48.8 Å². The molecule has 0 bridgehead atoms. The van der Waals surface area contributed by atoms with E-state index in [2.05, 4.69) is 0 Å². The summed E-state index contributed by atoms with van der Waals surface area (Å²) < 4.78 is 4.89. The topological polar surface area (TPSA) is 179 Å². The van der Waals surface area contributed by atoms with Gasteiger partial charge in [-0.2, -0.15) is 0 Å². The number of carboxylic acid groups (broad SMARTS) is 1. The number of fused-ring (bicyclic) bond motifs is 2. The number of amides is 4. The van der Waals surface area contributed by atoms with Gasteiger partial charge in [0.25, 0.3) is 23.6 Å². The first kappa shape index (κ1) is 31.0. The molecule has 12 nitrogen and oxygen atoms in total. The molecule has 2 aliphatic rings. The van der Waals surface area contributed by atoms with Crippen molar-refractivity contribution in [3.8, 4) is 0 Å². The number of aliphatic hydroxyl groups excluding tert-OH is 2. The predicted molar refractivity (Wildman–Crippen MR) is 166 cm³/mol. The third-order valence-electron chi connectivity index (χ3n) is 7.98. The van der Waals surface area contributed by atoms with Crippen LogP contribution < -0.4 is 9.80 Å². The number of rotatable bonds is 10. The van der Waals surface area contributed by atoms with E-state index in [1.54, 1.807) is 48.5 Å². The van der Waals surface area contributed by atoms with Crippen LogP contribution >= 0.6 is 0 Å². The summed E-state index contributed by atoms with van der Waals surface area (Å²) in [6, 6.07) is 20.3. The van der Waals surface area contributed by atoms with E-state index >= 15 is 0 Å². The van der Waals surface area contributed by atoms with Crippen LogP contribution in [-0.4, -0.2) is 70.7 Å². The second-order valence-electron chi connectivity index (χ2n) is 10.8. The number of imide groups is 2. The Kier molecular flexibility index (Phi) is 8.20. The number of carbonyl (C=O) groups excluding carboxylic acids is 5. The van der Waals surface area contributed by atoms with E-state index in [9.17, 15) is 39.0 Å². The van der Waals surface area contributed by atoms with E-state index in [1.165, 1.54) is 30.3 Å². The van der Waals surface area contributed by atoms with Crippen LogP contribution in [0.2, 0.25) is 0 Å². The zero-order valence-electron chi connectivity index (χ0n) is 24.6. The van der Waals surface area contributed by atoms with Crippen LogP contribution in [0.3, 0.4) is 0 Å². The highest BCUT2D eigenvalue weighted by Gasteiger charge is 2.41. The predicted octanol–water partition coefficient (Wildman–Crippen LogP) is 3.26. The number of nitrogens with zero attached hydrogens (tertiary/aromatic N) is 2. The van der Waals surface area contributed by atoms with Gasteiger partial charge in [0.15, 0.2) is 0 Å². The van der Waals surface area contributed by atoms with Crippen LogP contribution in [0.15, 0.2) is 78.9 Å². The number of benzene rings is 4. The molecule has 0 radical (unpaired) electrons. The van der Waals surface area contributed by atoms with Crippen LogP contribution in [0, 0.1) is 0 Å². The molecule has 0 aliphatic carbocycles. The van der Waals surface area contributed by atoms with E-state index in [-0.39, 0.29) is 70.9 Å². The number of aromatic carboxylic acids is 1. The monoisotopic (exact) mass is 634 g/mol. The summed E-state index contributed by atoms with van der Waals surface area (Å²) in [5, 5.41) is 28.0. The van der Waals surface area contributed by atoms with E-state index in [0.29, 0.717) is 12.1 Å². The van der Waals surface area contributed by atoms with Crippen molar-refractivity contribution >= 4 is 46.9 Å². The van der Waals surface area contributed by atoms with E-state index in [1.807, 2.05) is 0 Å². The van der Waals surface area contributed by atoms with Gasteiger partial charge in [0.2, 0.25) is 0 Å². The molecule has 4 aromatic carbocycles. The van der Waals surface area contributed by atoms with E-state index in [0.717, 1.165) is 20.9 Å². The second kappa shape index (κ2) is 12.4. The maximum absolute atomic E-state index is 13.3. The lowest BCUT2D eigenvalue weighted by atomic mass is 9.95. The van der Waals surface area contributed by atoms with Crippen LogP contribution in [-0.2, 0) is 17.6 Å². The van der Waals surface area contributed by atoms with Crippen molar-refractivity contribution in [1.29, 1.82) is 0 Å². The Morgan fingerprint density at radius 3 is 1.77 bits per heavy atom. The number of esters is 1. The Morgan fingerprint density at radius 2 is 1.19 bits per heavy atom. The molecule has 0 saturated heterocycles. The number of carboxylic acids is 1. The molecular formula is C35H26N2O10. The van der Waals surface area contributed by atoms with Gasteiger partial charge in [0.1, 0.15) is 6.61 Å². The van der Waals surface area contributed by atoms with Gasteiger partial charge in [-0.05, 0) is 78.1 Å². The lowest BCUT2D eigenvalue weighted by Gasteiger charge is -2.15. The highest BCUT2D eigenvalue weighted by atomic mass is 16.5. The van der Waals surface area contributed by atoms with Gasteiger partial charge in [-0.15, -0.1) is 0 Å². The van der Waals surface area contributed by atoms with Crippen molar-refractivity contribution in [2.24, 2.45) is 0 Å². The Balaban J connectivity index is 1.16. The third-order valence-corrected chi connectivity index (χ3v) is 7.98. The summed E-state index contributed by atoms with van der Waals surface area (Å²) in [5.74, 6) is -4.59. The fourth-order valence-electron chi connectivity index (χ4n) is 5.76. The molecule has 6 rings (SSSR count). The molecule has 2 heterocycles. The molecular weight excluding hydrogens is 608 g/mol. The van der Waals surface area contributed by atoms with Crippen molar-refractivity contribution in [2.75, 3.05) is 29.6 Å². The Labute approximate surface area is 267 Å². The van der Waals surface area contributed by atoms with Crippen molar-refractivity contribution in [1.82, 2.24) is 0 Å². The number of aliphatic hydroxyl groups is 2. The average Bonchev–Trinajstić information content (AvgIpc) is 3.47. The van der Waals surface area contributed by atoms with Gasteiger partial charge < -0.3 is 20.1 Å². The molecule has 0 atom stereocenters. The summed E-state index contributed by atoms with van der Waals surface area (Å²) in [4.78, 5) is 78.8. The van der Waals surface area contributed by atoms with Crippen molar-refractivity contribution in [3.63, 3.8) is 0 Å². The smallest absolute Gasteiger partial charge is 0.338 e. The van der Waals surface area contributed by atoms with Crippen LogP contribution in [0.4, 0.5) is 11.4 Å². The molecule has 0 fully saturated rings. The highest BCUT2D eigenvalue weighted by molar-refractivity contribution is 6.36. The summed E-state index contributed by atoms with van der Waals surface area (Å²) in [6.45, 7) is -0.851. The minimum Gasteiger partial charge on any atom is -0.478 e. The lowest BCUT2D eigenvalue weighted by Crippen LogP contribution is -2.29. The van der Waals surface area contributed by atoms with Crippen molar-refractivity contribution in [2.45, 2.75) is 12.8 Å².